The number of aromatic nitrogens is 2. The highest BCUT2D eigenvalue weighted by molar-refractivity contribution is 5.92. The molecule has 1 aromatic carbocycles. The molecule has 0 bridgehead atoms. The van der Waals surface area contributed by atoms with E-state index in [4.69, 9.17) is 9.47 Å². The Bertz CT molecular complexity index is 1010. The third-order valence-corrected chi connectivity index (χ3v) is 4.98. The quantitative estimate of drug-likeness (QED) is 0.638. The molecule has 2 N–H and O–H groups in total. The molecule has 2 aliphatic heterocycles. The number of alkyl halides is 6. The van der Waals surface area contributed by atoms with E-state index >= 15 is 0 Å². The van der Waals surface area contributed by atoms with Gasteiger partial charge in [0.1, 0.15) is 31.2 Å². The minimum absolute atomic E-state index is 0.0588. The number of hydrogen-bond acceptors (Lipinski definition) is 6. The second-order valence-corrected chi connectivity index (χ2v) is 7.51. The Morgan fingerprint density at radius 1 is 1.24 bits per heavy atom. The Balaban J connectivity index is 1.36. The van der Waals surface area contributed by atoms with Crippen molar-refractivity contribution in [1.29, 1.82) is 0 Å². The zero-order chi connectivity index (χ0) is 24.0. The summed E-state index contributed by atoms with van der Waals surface area (Å²) in [4.78, 5) is 12.5. The van der Waals surface area contributed by atoms with Crippen LogP contribution >= 0.6 is 0 Å². The highest BCUT2D eigenvalue weighted by Gasteiger charge is 2.37. The number of hydrogen-bond donors (Lipinski definition) is 2. The molecule has 1 aromatic heterocycles. The average Bonchev–Trinajstić information content (AvgIpc) is 3.27. The lowest BCUT2D eigenvalue weighted by Gasteiger charge is -2.31. The number of halogens is 6. The van der Waals surface area contributed by atoms with Gasteiger partial charge >= 0.3 is 12.4 Å². The average molecular weight is 481 g/mol. The minimum atomic E-state index is -4.61. The van der Waals surface area contributed by atoms with Gasteiger partial charge in [-0.25, -0.2) is 4.68 Å². The minimum Gasteiger partial charge on any atom is -0.491 e. The van der Waals surface area contributed by atoms with Crippen LogP contribution in [0.25, 0.3) is 0 Å². The van der Waals surface area contributed by atoms with Gasteiger partial charge in [0.05, 0.1) is 24.8 Å². The lowest BCUT2D eigenvalue weighted by Crippen LogP contribution is -2.45. The van der Waals surface area contributed by atoms with E-state index in [1.54, 1.807) is 0 Å². The smallest absolute Gasteiger partial charge is 0.416 e. The Morgan fingerprint density at radius 2 is 2.00 bits per heavy atom. The molecule has 0 aliphatic carbocycles. The summed E-state index contributed by atoms with van der Waals surface area (Å²) in [6.45, 7) is -1.87. The van der Waals surface area contributed by atoms with Gasteiger partial charge in [0, 0.05) is 11.6 Å². The van der Waals surface area contributed by atoms with Gasteiger partial charge < -0.3 is 24.6 Å². The fourth-order valence-electron chi connectivity index (χ4n) is 3.47. The normalized spacial score (nSPS) is 22.2. The summed E-state index contributed by atoms with van der Waals surface area (Å²) in [5.41, 5.74) is -1.19. The summed E-state index contributed by atoms with van der Waals surface area (Å²) in [6, 6.07) is 2.90. The van der Waals surface area contributed by atoms with Gasteiger partial charge in [0.25, 0.3) is 5.91 Å². The van der Waals surface area contributed by atoms with Gasteiger partial charge in [0.15, 0.2) is 5.69 Å². The Morgan fingerprint density at radius 3 is 2.67 bits per heavy atom. The maximum absolute atomic E-state index is 13.0. The van der Waals surface area contributed by atoms with Crippen LogP contribution in [0.5, 0.6) is 11.6 Å². The molecule has 8 nitrogen and oxygen atoms in total. The molecule has 2 aliphatic rings. The summed E-state index contributed by atoms with van der Waals surface area (Å²) in [7, 11) is 0. The number of aliphatic hydroxyl groups is 1. The molecule has 1 unspecified atom stereocenters. The Kier molecular flexibility index (Phi) is 5.90. The zero-order valence-electron chi connectivity index (χ0n) is 16.6. The van der Waals surface area contributed by atoms with Crippen molar-refractivity contribution >= 4 is 5.91 Å². The van der Waals surface area contributed by atoms with E-state index in [9.17, 15) is 36.2 Å². The molecule has 33 heavy (non-hydrogen) atoms. The molecule has 3 heterocycles. The summed E-state index contributed by atoms with van der Waals surface area (Å²) in [5, 5.41) is 17.0. The number of carbonyl (C=O) groups excluding carboxylic acids is 1. The van der Waals surface area contributed by atoms with E-state index in [0.29, 0.717) is 0 Å². The van der Waals surface area contributed by atoms with Gasteiger partial charge in [-0.15, -0.1) is 0 Å². The Hall–Kier alpha value is -3.00. The van der Waals surface area contributed by atoms with Crippen molar-refractivity contribution in [1.82, 2.24) is 15.1 Å². The molecule has 4 rings (SSSR count). The molecular weight excluding hydrogens is 464 g/mol. The number of ether oxygens (including phenoxy) is 3. The van der Waals surface area contributed by atoms with E-state index < -0.39 is 48.7 Å². The van der Waals surface area contributed by atoms with Crippen molar-refractivity contribution in [3.63, 3.8) is 0 Å². The molecule has 2 aromatic rings. The molecule has 0 spiro atoms. The lowest BCUT2D eigenvalue weighted by atomic mass is 9.97. The van der Waals surface area contributed by atoms with E-state index in [0.717, 1.165) is 18.2 Å². The molecule has 14 heteroatoms. The van der Waals surface area contributed by atoms with Crippen molar-refractivity contribution in [3.05, 3.63) is 41.1 Å². The predicted molar refractivity (Wildman–Crippen MR) is 96.7 cm³/mol. The summed E-state index contributed by atoms with van der Waals surface area (Å²) in [6.07, 6.45) is -11.2. The zero-order valence-corrected chi connectivity index (χ0v) is 16.6. The third-order valence-electron chi connectivity index (χ3n) is 4.98. The number of nitrogens with zero attached hydrogens (tertiary/aromatic N) is 2. The van der Waals surface area contributed by atoms with E-state index in [1.807, 2.05) is 0 Å². The summed E-state index contributed by atoms with van der Waals surface area (Å²) >= 11 is 0. The molecule has 3 atom stereocenters. The number of carbonyl (C=O) groups is 1. The number of nitrogens with one attached hydrogen (secondary N) is 1. The van der Waals surface area contributed by atoms with Crippen LogP contribution < -0.4 is 14.8 Å². The first-order valence-corrected chi connectivity index (χ1v) is 9.62. The lowest BCUT2D eigenvalue weighted by molar-refractivity contribution is -0.177. The Labute approximate surface area is 182 Å². The third kappa shape index (κ3) is 5.16. The van der Waals surface area contributed by atoms with Gasteiger partial charge in [-0.05, 0) is 18.2 Å². The largest absolute Gasteiger partial charge is 0.491 e. The molecule has 0 saturated heterocycles. The van der Waals surface area contributed by atoms with Crippen LogP contribution in [0.15, 0.2) is 24.3 Å². The highest BCUT2D eigenvalue weighted by Crippen LogP contribution is 2.38. The van der Waals surface area contributed by atoms with Crippen molar-refractivity contribution in [3.8, 4) is 11.6 Å². The van der Waals surface area contributed by atoms with Crippen LogP contribution in [-0.4, -0.2) is 58.9 Å². The highest BCUT2D eigenvalue weighted by atomic mass is 19.4. The summed E-state index contributed by atoms with van der Waals surface area (Å²) < 4.78 is 91.9. The first kappa shape index (κ1) is 23.2. The summed E-state index contributed by atoms with van der Waals surface area (Å²) in [5.74, 6) is -0.524. The number of rotatable bonds is 5. The molecule has 180 valence electrons. The second-order valence-electron chi connectivity index (χ2n) is 7.51. The molecule has 0 saturated carbocycles. The van der Waals surface area contributed by atoms with Gasteiger partial charge in [0.2, 0.25) is 5.88 Å². The predicted octanol–water partition coefficient (Wildman–Crippen LogP) is 2.47. The monoisotopic (exact) mass is 481 g/mol. The molecule has 0 radical (unpaired) electrons. The standard InChI is InChI=1S/C19H17F6N3O5/c20-18(21,22)8-31-6-10-5-28-15(33-10)4-12(27-28)17(30)26-13-7-32-14-2-1-9(19(23,24)25)3-11(14)16(13)29/h1-4,10,13,16,29H,5-8H2,(H,26,30)/t10-,13+,16?/m1/s1. The molecular formula is C19H17F6N3O5. The van der Waals surface area contributed by atoms with Gasteiger partial charge in [-0.3, -0.25) is 4.79 Å². The number of aliphatic hydroxyl groups excluding tert-OH is 1. The maximum atomic E-state index is 13.0. The maximum Gasteiger partial charge on any atom is 0.416 e. The first-order valence-electron chi connectivity index (χ1n) is 9.62. The van der Waals surface area contributed by atoms with E-state index in [-0.39, 0.29) is 42.6 Å². The van der Waals surface area contributed by atoms with Crippen molar-refractivity contribution in [2.24, 2.45) is 0 Å². The fraction of sp³-hybridized carbons (Fsp3) is 0.474. The fourth-order valence-corrected chi connectivity index (χ4v) is 3.47. The van der Waals surface area contributed by atoms with E-state index in [1.165, 1.54) is 10.7 Å². The van der Waals surface area contributed by atoms with Crippen LogP contribution in [0.2, 0.25) is 0 Å². The SMILES string of the molecule is O=C(N[C@H]1COc2ccc(C(F)(F)F)cc2C1O)c1cc2n(n1)C[C@H](COCC(F)(F)F)O2. The number of fused-ring (bicyclic) bond motifs is 2. The van der Waals surface area contributed by atoms with Crippen molar-refractivity contribution in [2.45, 2.75) is 37.1 Å². The topological polar surface area (TPSA) is 94.8 Å². The van der Waals surface area contributed by atoms with Gasteiger partial charge in [-0.1, -0.05) is 0 Å². The van der Waals surface area contributed by atoms with E-state index in [2.05, 4.69) is 15.2 Å². The van der Waals surface area contributed by atoms with Crippen molar-refractivity contribution in [2.75, 3.05) is 19.8 Å². The molecule has 0 fully saturated rings. The first-order chi connectivity index (χ1) is 15.4. The number of benzene rings is 1. The van der Waals surface area contributed by atoms with Crippen LogP contribution in [0.1, 0.15) is 27.7 Å². The van der Waals surface area contributed by atoms with Crippen LogP contribution in [0.3, 0.4) is 0 Å². The second kappa shape index (κ2) is 8.41. The van der Waals surface area contributed by atoms with Gasteiger partial charge in [-0.2, -0.15) is 31.4 Å². The van der Waals surface area contributed by atoms with Crippen LogP contribution in [-0.2, 0) is 17.5 Å². The number of amides is 1. The molecule has 1 amide bonds. The van der Waals surface area contributed by atoms with Crippen LogP contribution in [0, 0.1) is 0 Å². The van der Waals surface area contributed by atoms with Crippen LogP contribution in [0.4, 0.5) is 26.3 Å². The van der Waals surface area contributed by atoms with Crippen molar-refractivity contribution < 1.29 is 50.5 Å².